The molecule has 0 bridgehead atoms. The molecule has 1 amide bonds. The van der Waals surface area contributed by atoms with Crippen LogP contribution in [0.2, 0.25) is 5.02 Å². The van der Waals surface area contributed by atoms with Gasteiger partial charge < -0.3 is 5.32 Å². The van der Waals surface area contributed by atoms with Crippen molar-refractivity contribution in [2.24, 2.45) is 0 Å². The lowest BCUT2D eigenvalue weighted by molar-refractivity contribution is 0.0943. The summed E-state index contributed by atoms with van der Waals surface area (Å²) in [6, 6.07) is 4.02. The van der Waals surface area contributed by atoms with E-state index in [0.29, 0.717) is 0 Å². The first-order chi connectivity index (χ1) is 8.66. The fourth-order valence-electron chi connectivity index (χ4n) is 1.39. The second-order valence-electron chi connectivity index (χ2n) is 4.56. The van der Waals surface area contributed by atoms with E-state index in [-0.39, 0.29) is 21.5 Å². The number of carbonyl (C=O) groups is 1. The molecular weight excluding hydrogens is 288 g/mol. The summed E-state index contributed by atoms with van der Waals surface area (Å²) in [5, 5.41) is 2.89. The molecule has 7 heteroatoms. The number of halogens is 1. The monoisotopic (exact) mass is 304 g/mol. The van der Waals surface area contributed by atoms with Crippen molar-refractivity contribution in [2.45, 2.75) is 24.8 Å². The van der Waals surface area contributed by atoms with Gasteiger partial charge >= 0.3 is 0 Å². The van der Waals surface area contributed by atoms with Crippen LogP contribution in [0.4, 0.5) is 0 Å². The Hall–Kier alpha value is -1.11. The van der Waals surface area contributed by atoms with E-state index in [9.17, 15) is 13.2 Å². The van der Waals surface area contributed by atoms with Crippen molar-refractivity contribution in [1.82, 2.24) is 9.62 Å². The van der Waals surface area contributed by atoms with Crippen molar-refractivity contribution < 1.29 is 13.2 Å². The number of rotatable bonds is 4. The van der Waals surface area contributed by atoms with Gasteiger partial charge in [0.15, 0.2) is 0 Å². The first-order valence-electron chi connectivity index (χ1n) is 5.69. The minimum absolute atomic E-state index is 0.0378. The topological polar surface area (TPSA) is 66.5 Å². The molecule has 0 saturated heterocycles. The summed E-state index contributed by atoms with van der Waals surface area (Å²) in [4.78, 5) is 12.0. The Morgan fingerprint density at radius 3 is 2.37 bits per heavy atom. The molecule has 0 aliphatic rings. The van der Waals surface area contributed by atoms with Gasteiger partial charge in [-0.25, -0.2) is 12.7 Å². The number of benzene rings is 1. The van der Waals surface area contributed by atoms with Crippen LogP contribution in [0.5, 0.6) is 0 Å². The molecule has 5 nitrogen and oxygen atoms in total. The smallest absolute Gasteiger partial charge is 0.253 e. The summed E-state index contributed by atoms with van der Waals surface area (Å²) in [5.41, 5.74) is 0.151. The number of hydrogen-bond donors (Lipinski definition) is 1. The molecule has 0 aromatic heterocycles. The normalized spacial score (nSPS) is 11.9. The maximum absolute atomic E-state index is 12.0. The van der Waals surface area contributed by atoms with Crippen LogP contribution in [0.15, 0.2) is 23.1 Å². The lowest BCUT2D eigenvalue weighted by Crippen LogP contribution is -2.30. The van der Waals surface area contributed by atoms with Gasteiger partial charge in [0.25, 0.3) is 5.91 Å². The molecule has 0 spiro atoms. The summed E-state index contributed by atoms with van der Waals surface area (Å²) >= 11 is 5.93. The first kappa shape index (κ1) is 15.9. The van der Waals surface area contributed by atoms with E-state index < -0.39 is 15.9 Å². The summed E-state index contributed by atoms with van der Waals surface area (Å²) in [5.74, 6) is -0.393. The Morgan fingerprint density at radius 2 is 1.89 bits per heavy atom. The quantitative estimate of drug-likeness (QED) is 0.921. The number of nitrogens with zero attached hydrogens (tertiary/aromatic N) is 1. The summed E-state index contributed by atoms with van der Waals surface area (Å²) < 4.78 is 25.1. The van der Waals surface area contributed by atoms with Crippen LogP contribution in [0.3, 0.4) is 0 Å². The van der Waals surface area contributed by atoms with Gasteiger partial charge in [-0.15, -0.1) is 0 Å². The van der Waals surface area contributed by atoms with E-state index in [1.807, 2.05) is 13.8 Å². The fourth-order valence-corrected chi connectivity index (χ4v) is 2.52. The zero-order valence-corrected chi connectivity index (χ0v) is 12.8. The minimum Gasteiger partial charge on any atom is -0.350 e. The van der Waals surface area contributed by atoms with Crippen molar-refractivity contribution in [2.75, 3.05) is 14.1 Å². The van der Waals surface area contributed by atoms with Crippen LogP contribution in [-0.4, -0.2) is 38.8 Å². The van der Waals surface area contributed by atoms with Gasteiger partial charge in [0.1, 0.15) is 0 Å². The molecule has 0 aliphatic carbocycles. The van der Waals surface area contributed by atoms with Crippen molar-refractivity contribution in [1.29, 1.82) is 0 Å². The van der Waals surface area contributed by atoms with Crippen LogP contribution in [-0.2, 0) is 10.0 Å². The second kappa shape index (κ2) is 5.90. The van der Waals surface area contributed by atoms with Gasteiger partial charge in [0.2, 0.25) is 10.0 Å². The molecule has 19 heavy (non-hydrogen) atoms. The zero-order chi connectivity index (χ0) is 14.8. The van der Waals surface area contributed by atoms with E-state index in [0.717, 1.165) is 4.31 Å². The minimum atomic E-state index is -3.58. The lowest BCUT2D eigenvalue weighted by Gasteiger charge is -2.14. The third-order valence-corrected chi connectivity index (χ3v) is 4.52. The molecule has 0 atom stereocenters. The largest absolute Gasteiger partial charge is 0.350 e. The SMILES string of the molecule is CC(C)NC(=O)c1cc(S(=O)(=O)N(C)C)ccc1Cl. The van der Waals surface area contributed by atoms with E-state index in [1.54, 1.807) is 0 Å². The Balaban J connectivity index is 3.26. The number of carbonyl (C=O) groups excluding carboxylic acids is 1. The van der Waals surface area contributed by atoms with E-state index in [4.69, 9.17) is 11.6 Å². The number of sulfonamides is 1. The molecule has 1 aromatic carbocycles. The van der Waals surface area contributed by atoms with E-state index in [1.165, 1.54) is 32.3 Å². The van der Waals surface area contributed by atoms with E-state index in [2.05, 4.69) is 5.32 Å². The van der Waals surface area contributed by atoms with Gasteiger partial charge in [-0.1, -0.05) is 11.6 Å². The van der Waals surface area contributed by atoms with Crippen LogP contribution >= 0.6 is 11.6 Å². The highest BCUT2D eigenvalue weighted by Crippen LogP contribution is 2.22. The Morgan fingerprint density at radius 1 is 1.32 bits per heavy atom. The fraction of sp³-hybridized carbons (Fsp3) is 0.417. The Labute approximate surface area is 118 Å². The van der Waals surface area contributed by atoms with Gasteiger partial charge in [-0.05, 0) is 32.0 Å². The lowest BCUT2D eigenvalue weighted by atomic mass is 10.2. The summed E-state index contributed by atoms with van der Waals surface area (Å²) in [6.45, 7) is 3.62. The molecule has 106 valence electrons. The molecule has 1 aromatic rings. The van der Waals surface area contributed by atoms with E-state index >= 15 is 0 Å². The van der Waals surface area contributed by atoms with Crippen LogP contribution < -0.4 is 5.32 Å². The maximum Gasteiger partial charge on any atom is 0.253 e. The third kappa shape index (κ3) is 3.68. The molecule has 0 saturated carbocycles. The van der Waals surface area contributed by atoms with Crippen molar-refractivity contribution in [3.8, 4) is 0 Å². The molecule has 0 fully saturated rings. The van der Waals surface area contributed by atoms with Crippen LogP contribution in [0.25, 0.3) is 0 Å². The highest BCUT2D eigenvalue weighted by Gasteiger charge is 2.20. The standard InChI is InChI=1S/C12H17ClN2O3S/c1-8(2)14-12(16)10-7-9(5-6-11(10)13)19(17,18)15(3)4/h5-8H,1-4H3,(H,14,16). The Bertz CT molecular complexity index is 583. The predicted molar refractivity (Wildman–Crippen MR) is 74.9 cm³/mol. The highest BCUT2D eigenvalue weighted by atomic mass is 35.5. The molecule has 1 N–H and O–H groups in total. The highest BCUT2D eigenvalue weighted by molar-refractivity contribution is 7.89. The summed E-state index contributed by atoms with van der Waals surface area (Å²) in [7, 11) is -0.727. The maximum atomic E-state index is 12.0. The molecule has 0 aliphatic heterocycles. The van der Waals surface area contributed by atoms with Crippen LogP contribution in [0, 0.1) is 0 Å². The average molecular weight is 305 g/mol. The predicted octanol–water partition coefficient (Wildman–Crippen LogP) is 1.73. The molecule has 0 unspecified atom stereocenters. The van der Waals surface area contributed by atoms with Gasteiger partial charge in [0, 0.05) is 20.1 Å². The van der Waals surface area contributed by atoms with Crippen molar-refractivity contribution >= 4 is 27.5 Å². The Kier molecular flexibility index (Phi) is 4.95. The van der Waals surface area contributed by atoms with Crippen molar-refractivity contribution in [3.63, 3.8) is 0 Å². The van der Waals surface area contributed by atoms with Gasteiger partial charge in [-0.3, -0.25) is 4.79 Å². The third-order valence-electron chi connectivity index (χ3n) is 2.38. The second-order valence-corrected chi connectivity index (χ2v) is 7.12. The molecule has 0 radical (unpaired) electrons. The first-order valence-corrected chi connectivity index (χ1v) is 7.51. The zero-order valence-electron chi connectivity index (χ0n) is 11.3. The summed E-state index contributed by atoms with van der Waals surface area (Å²) in [6.07, 6.45) is 0. The molecular formula is C12H17ClN2O3S. The molecule has 0 heterocycles. The number of nitrogens with one attached hydrogen (secondary N) is 1. The van der Waals surface area contributed by atoms with Gasteiger partial charge in [-0.2, -0.15) is 0 Å². The van der Waals surface area contributed by atoms with Crippen LogP contribution in [0.1, 0.15) is 24.2 Å². The van der Waals surface area contributed by atoms with Crippen molar-refractivity contribution in [3.05, 3.63) is 28.8 Å². The number of amides is 1. The number of hydrogen-bond acceptors (Lipinski definition) is 3. The molecule has 1 rings (SSSR count). The van der Waals surface area contributed by atoms with Gasteiger partial charge in [0.05, 0.1) is 15.5 Å². The average Bonchev–Trinajstić information content (AvgIpc) is 2.27.